The van der Waals surface area contributed by atoms with E-state index < -0.39 is 6.43 Å². The third-order valence-corrected chi connectivity index (χ3v) is 1.32. The van der Waals surface area contributed by atoms with E-state index in [4.69, 9.17) is 11.6 Å². The molecule has 0 saturated carbocycles. The molecule has 0 aromatic heterocycles. The van der Waals surface area contributed by atoms with Gasteiger partial charge in [-0.15, -0.1) is 11.6 Å². The summed E-state index contributed by atoms with van der Waals surface area (Å²) in [4.78, 5) is 0. The summed E-state index contributed by atoms with van der Waals surface area (Å²) in [6.07, 6.45) is 0.170. The minimum absolute atomic E-state index is 0.0247. The summed E-state index contributed by atoms with van der Waals surface area (Å²) >= 11 is 5.33. The van der Waals surface area contributed by atoms with Crippen molar-refractivity contribution >= 4 is 11.6 Å². The van der Waals surface area contributed by atoms with Gasteiger partial charge in [0.05, 0.1) is 0 Å². The first-order valence-corrected chi connectivity index (χ1v) is 3.65. The van der Waals surface area contributed by atoms with Gasteiger partial charge in [0.2, 0.25) is 6.43 Å². The first-order valence-electron chi connectivity index (χ1n) is 3.11. The smallest absolute Gasteiger partial charge is 0.211 e. The number of unbranched alkanes of at least 4 members (excludes halogenated alkanes) is 2. The van der Waals surface area contributed by atoms with Crippen LogP contribution < -0.4 is 0 Å². The van der Waals surface area contributed by atoms with E-state index in [2.05, 4.69) is 0 Å². The van der Waals surface area contributed by atoms with Gasteiger partial charge in [-0.05, 0) is 12.8 Å². The molecule has 56 valence electrons. The second kappa shape index (κ2) is 6.27. The van der Waals surface area contributed by atoms with Crippen LogP contribution in [0.2, 0.25) is 0 Å². The molecule has 0 fully saturated rings. The maximum Gasteiger partial charge on any atom is 0.238 e. The molecule has 0 radical (unpaired) electrons. The highest BCUT2D eigenvalue weighted by Crippen LogP contribution is 2.07. The minimum atomic E-state index is -2.14. The molecule has 0 rings (SSSR count). The molecule has 0 N–H and O–H groups in total. The molecule has 0 atom stereocenters. The van der Waals surface area contributed by atoms with Crippen LogP contribution in [0, 0.1) is 0 Å². The second-order valence-corrected chi connectivity index (χ2v) is 2.31. The summed E-state index contributed by atoms with van der Waals surface area (Å²) in [6.45, 7) is 0. The van der Waals surface area contributed by atoms with Gasteiger partial charge in [-0.1, -0.05) is 6.42 Å². The molecule has 0 aliphatic carbocycles. The van der Waals surface area contributed by atoms with Crippen molar-refractivity contribution in [3.63, 3.8) is 0 Å². The molecule has 0 bridgehead atoms. The van der Waals surface area contributed by atoms with E-state index in [1.807, 2.05) is 0 Å². The van der Waals surface area contributed by atoms with Crippen molar-refractivity contribution in [2.24, 2.45) is 0 Å². The Morgan fingerprint density at radius 2 is 1.78 bits per heavy atom. The van der Waals surface area contributed by atoms with Crippen LogP contribution in [0.15, 0.2) is 0 Å². The lowest BCUT2D eigenvalue weighted by Gasteiger charge is -1.96. The first kappa shape index (κ1) is 9.15. The fraction of sp³-hybridized carbons (Fsp3) is 1.00. The van der Waals surface area contributed by atoms with Gasteiger partial charge in [-0.2, -0.15) is 0 Å². The Balaban J connectivity index is 2.75. The summed E-state index contributed by atoms with van der Waals surface area (Å²) in [5.74, 6) is 0.587. The minimum Gasteiger partial charge on any atom is -0.211 e. The van der Waals surface area contributed by atoms with Crippen molar-refractivity contribution in [3.05, 3.63) is 0 Å². The Kier molecular flexibility index (Phi) is 6.38. The molecule has 0 saturated heterocycles. The maximum absolute atomic E-state index is 11.4. The normalized spacial score (nSPS) is 10.7. The predicted molar refractivity (Wildman–Crippen MR) is 35.2 cm³/mol. The van der Waals surface area contributed by atoms with Crippen molar-refractivity contribution in [3.8, 4) is 0 Å². The molecule has 3 heteroatoms. The number of rotatable bonds is 5. The number of hydrogen-bond acceptors (Lipinski definition) is 0. The van der Waals surface area contributed by atoms with E-state index in [1.54, 1.807) is 0 Å². The third kappa shape index (κ3) is 8.15. The second-order valence-electron chi connectivity index (χ2n) is 1.93. The maximum atomic E-state index is 11.4. The first-order chi connectivity index (χ1) is 4.27. The molecule has 9 heavy (non-hydrogen) atoms. The van der Waals surface area contributed by atoms with Crippen LogP contribution in [-0.4, -0.2) is 12.3 Å². The van der Waals surface area contributed by atoms with Crippen LogP contribution in [0.1, 0.15) is 25.7 Å². The fourth-order valence-electron chi connectivity index (χ4n) is 0.570. The molecule has 0 aromatic carbocycles. The van der Waals surface area contributed by atoms with Crippen LogP contribution in [0.4, 0.5) is 8.78 Å². The molecule has 0 heterocycles. The van der Waals surface area contributed by atoms with Gasteiger partial charge in [0.15, 0.2) is 0 Å². The van der Waals surface area contributed by atoms with Gasteiger partial charge in [-0.3, -0.25) is 0 Å². The molecule has 0 aliphatic heterocycles. The fourth-order valence-corrected chi connectivity index (χ4v) is 0.759. The summed E-state index contributed by atoms with van der Waals surface area (Å²) in [5, 5.41) is 0. The number of alkyl halides is 3. The lowest BCUT2D eigenvalue weighted by Crippen LogP contribution is -1.89. The van der Waals surface area contributed by atoms with E-state index >= 15 is 0 Å². The molecule has 0 amide bonds. The summed E-state index contributed by atoms with van der Waals surface area (Å²) in [6, 6.07) is 0. The van der Waals surface area contributed by atoms with E-state index in [0.717, 1.165) is 12.8 Å². The molecular weight excluding hydrogens is 146 g/mol. The summed E-state index contributed by atoms with van der Waals surface area (Å²) < 4.78 is 22.9. The largest absolute Gasteiger partial charge is 0.238 e. The Morgan fingerprint density at radius 1 is 1.11 bits per heavy atom. The molecule has 0 aliphatic rings. The van der Waals surface area contributed by atoms with Crippen molar-refractivity contribution in [1.82, 2.24) is 0 Å². The van der Waals surface area contributed by atoms with Crippen molar-refractivity contribution in [2.45, 2.75) is 32.1 Å². The van der Waals surface area contributed by atoms with Gasteiger partial charge in [0.1, 0.15) is 0 Å². The summed E-state index contributed by atoms with van der Waals surface area (Å²) in [7, 11) is 0. The third-order valence-electron chi connectivity index (χ3n) is 1.06. The Morgan fingerprint density at radius 3 is 2.22 bits per heavy atom. The molecule has 0 unspecified atom stereocenters. The van der Waals surface area contributed by atoms with Crippen LogP contribution >= 0.6 is 11.6 Å². The van der Waals surface area contributed by atoms with Crippen LogP contribution in [0.3, 0.4) is 0 Å². The zero-order chi connectivity index (χ0) is 7.11. The average molecular weight is 157 g/mol. The summed E-state index contributed by atoms with van der Waals surface area (Å²) in [5.41, 5.74) is 0. The standard InChI is InChI=1S/C6H11ClF2/c7-5-3-1-2-4-6(8)9/h6H,1-5H2. The van der Waals surface area contributed by atoms with Crippen molar-refractivity contribution < 1.29 is 8.78 Å². The number of halogens is 3. The quantitative estimate of drug-likeness (QED) is 0.424. The topological polar surface area (TPSA) is 0 Å². The molecule has 0 spiro atoms. The van der Waals surface area contributed by atoms with Crippen LogP contribution in [0.5, 0.6) is 0 Å². The molecule has 0 nitrogen and oxygen atoms in total. The zero-order valence-electron chi connectivity index (χ0n) is 5.25. The van der Waals surface area contributed by atoms with E-state index in [0.29, 0.717) is 12.3 Å². The SMILES string of the molecule is FC(F)CCCCCCl. The number of hydrogen-bond donors (Lipinski definition) is 0. The highest BCUT2D eigenvalue weighted by Gasteiger charge is 1.99. The van der Waals surface area contributed by atoms with Crippen LogP contribution in [0.25, 0.3) is 0 Å². The highest BCUT2D eigenvalue weighted by molar-refractivity contribution is 6.17. The van der Waals surface area contributed by atoms with Crippen LogP contribution in [-0.2, 0) is 0 Å². The van der Waals surface area contributed by atoms with Crippen molar-refractivity contribution in [2.75, 3.05) is 5.88 Å². The van der Waals surface area contributed by atoms with Gasteiger partial charge in [-0.25, -0.2) is 8.78 Å². The average Bonchev–Trinajstić information content (AvgIpc) is 1.80. The van der Waals surface area contributed by atoms with Gasteiger partial charge in [0, 0.05) is 12.3 Å². The molecular formula is C6H11ClF2. The van der Waals surface area contributed by atoms with E-state index in [-0.39, 0.29) is 6.42 Å². The Bertz CT molecular complexity index is 57.0. The van der Waals surface area contributed by atoms with Crippen molar-refractivity contribution in [1.29, 1.82) is 0 Å². The Hall–Kier alpha value is 0.150. The zero-order valence-corrected chi connectivity index (χ0v) is 6.00. The highest BCUT2D eigenvalue weighted by atomic mass is 35.5. The van der Waals surface area contributed by atoms with E-state index in [9.17, 15) is 8.78 Å². The predicted octanol–water partition coefficient (Wildman–Crippen LogP) is 3.05. The monoisotopic (exact) mass is 156 g/mol. The van der Waals surface area contributed by atoms with Gasteiger partial charge >= 0.3 is 0 Å². The Labute approximate surface area is 59.2 Å². The lowest BCUT2D eigenvalue weighted by molar-refractivity contribution is 0.134. The van der Waals surface area contributed by atoms with Gasteiger partial charge in [0.25, 0.3) is 0 Å². The van der Waals surface area contributed by atoms with E-state index in [1.165, 1.54) is 0 Å². The van der Waals surface area contributed by atoms with Gasteiger partial charge < -0.3 is 0 Å². The molecule has 0 aromatic rings. The lowest BCUT2D eigenvalue weighted by atomic mass is 10.2.